The molecule has 8 nitrogen and oxygen atoms in total. The molecule has 26 heavy (non-hydrogen) atoms. The minimum absolute atomic E-state index is 0. The molecule has 144 valence electrons. The summed E-state index contributed by atoms with van der Waals surface area (Å²) >= 11 is 0. The number of aryl methyl sites for hydroxylation is 1. The van der Waals surface area contributed by atoms with Gasteiger partial charge < -0.3 is 10.6 Å². The van der Waals surface area contributed by atoms with Crippen molar-refractivity contribution in [2.75, 3.05) is 11.9 Å². The average molecular weight is 404 g/mol. The maximum absolute atomic E-state index is 12.4. The van der Waals surface area contributed by atoms with E-state index >= 15 is 0 Å². The number of carbonyl (C=O) groups excluding carboxylic acids is 1. The Morgan fingerprint density at radius 1 is 1.27 bits per heavy atom. The molecule has 2 N–H and O–H groups in total. The van der Waals surface area contributed by atoms with Crippen LogP contribution in [0.25, 0.3) is 11.0 Å². The molecule has 10 heteroatoms. The molecule has 0 unspecified atom stereocenters. The Morgan fingerprint density at radius 2 is 1.96 bits per heavy atom. The number of piperidine rings is 1. The number of anilines is 1. The van der Waals surface area contributed by atoms with Gasteiger partial charge in [0.25, 0.3) is 5.56 Å². The van der Waals surface area contributed by atoms with Crippen LogP contribution < -0.4 is 21.9 Å². The number of aromatic nitrogens is 3. The normalized spacial score (nSPS) is 19.3. The van der Waals surface area contributed by atoms with Crippen molar-refractivity contribution in [2.24, 2.45) is 20.0 Å². The maximum atomic E-state index is 12.4. The van der Waals surface area contributed by atoms with Gasteiger partial charge >= 0.3 is 5.69 Å². The van der Waals surface area contributed by atoms with Crippen molar-refractivity contribution < 1.29 is 4.79 Å². The third-order valence-corrected chi connectivity index (χ3v) is 4.56. The zero-order valence-electron chi connectivity index (χ0n) is 14.8. The number of pyridine rings is 1. The fourth-order valence-electron chi connectivity index (χ4n) is 3.15. The molecule has 0 aromatic carbocycles. The fourth-order valence-corrected chi connectivity index (χ4v) is 3.15. The zero-order chi connectivity index (χ0) is 17.4. The quantitative estimate of drug-likeness (QED) is 0.772. The summed E-state index contributed by atoms with van der Waals surface area (Å²) in [5.74, 6) is -0.119. The monoisotopic (exact) mass is 403 g/mol. The predicted octanol–water partition coefficient (Wildman–Crippen LogP) is 0.802. The van der Waals surface area contributed by atoms with Crippen LogP contribution in [0.1, 0.15) is 19.8 Å². The van der Waals surface area contributed by atoms with Gasteiger partial charge in [0, 0.05) is 26.1 Å². The van der Waals surface area contributed by atoms with Crippen LogP contribution in [0.15, 0.2) is 21.9 Å². The van der Waals surface area contributed by atoms with Gasteiger partial charge in [-0.3, -0.25) is 18.7 Å². The number of nitrogens with zero attached hydrogens (tertiary/aromatic N) is 3. The van der Waals surface area contributed by atoms with Crippen LogP contribution in [-0.2, 0) is 18.9 Å². The van der Waals surface area contributed by atoms with Gasteiger partial charge in [-0.1, -0.05) is 0 Å². The Labute approximate surface area is 162 Å². The number of halogens is 2. The Bertz CT molecular complexity index is 924. The standard InChI is InChI=1S/C16H21N5O3.2ClH/c1-9-6-10(4-5-17-9)14(22)19-11-7-12-13(18-8-11)20(2)16(24)21(3)15(12)23;;/h7-10,17H,4-6H2,1-3H3,(H,19,22);2*1H/t9-,10-;;/m0../s1. The summed E-state index contributed by atoms with van der Waals surface area (Å²) in [6, 6.07) is 1.89. The lowest BCUT2D eigenvalue weighted by Gasteiger charge is -2.27. The first-order valence-corrected chi connectivity index (χ1v) is 7.98. The molecule has 1 aliphatic rings. The van der Waals surface area contributed by atoms with E-state index in [9.17, 15) is 14.4 Å². The second-order valence-electron chi connectivity index (χ2n) is 6.37. The van der Waals surface area contributed by atoms with Crippen molar-refractivity contribution in [3.8, 4) is 0 Å². The molecular weight excluding hydrogens is 381 g/mol. The van der Waals surface area contributed by atoms with Crippen molar-refractivity contribution in [2.45, 2.75) is 25.8 Å². The van der Waals surface area contributed by atoms with Gasteiger partial charge in [-0.05, 0) is 32.4 Å². The van der Waals surface area contributed by atoms with E-state index in [1.165, 1.54) is 17.8 Å². The largest absolute Gasteiger partial charge is 0.332 e. The molecule has 1 fully saturated rings. The van der Waals surface area contributed by atoms with Crippen molar-refractivity contribution in [1.29, 1.82) is 0 Å². The molecule has 3 heterocycles. The highest BCUT2D eigenvalue weighted by atomic mass is 35.5. The Kier molecular flexibility index (Phi) is 7.37. The average Bonchev–Trinajstić information content (AvgIpc) is 2.58. The number of fused-ring (bicyclic) bond motifs is 1. The summed E-state index contributed by atoms with van der Waals surface area (Å²) in [6.07, 6.45) is 3.04. The lowest BCUT2D eigenvalue weighted by atomic mass is 9.92. The Hall–Kier alpha value is -1.90. The number of hydrogen-bond donors (Lipinski definition) is 2. The van der Waals surface area contributed by atoms with E-state index in [1.54, 1.807) is 13.1 Å². The minimum Gasteiger partial charge on any atom is -0.324 e. The molecule has 3 rings (SSSR count). The molecule has 2 atom stereocenters. The van der Waals surface area contributed by atoms with E-state index in [0.717, 1.165) is 24.0 Å². The van der Waals surface area contributed by atoms with Gasteiger partial charge in [-0.2, -0.15) is 0 Å². The second-order valence-corrected chi connectivity index (χ2v) is 6.37. The number of carbonyl (C=O) groups is 1. The first-order valence-electron chi connectivity index (χ1n) is 7.98. The summed E-state index contributed by atoms with van der Waals surface area (Å²) in [6.45, 7) is 2.87. The summed E-state index contributed by atoms with van der Waals surface area (Å²) in [7, 11) is 2.98. The summed E-state index contributed by atoms with van der Waals surface area (Å²) < 4.78 is 2.35. The molecule has 0 bridgehead atoms. The molecular formula is C16H23Cl2N5O3. The van der Waals surface area contributed by atoms with Gasteiger partial charge in [0.2, 0.25) is 5.91 Å². The minimum atomic E-state index is -0.430. The van der Waals surface area contributed by atoms with E-state index in [2.05, 4.69) is 22.5 Å². The lowest BCUT2D eigenvalue weighted by Crippen LogP contribution is -2.40. The molecule has 0 radical (unpaired) electrons. The van der Waals surface area contributed by atoms with E-state index in [1.807, 2.05) is 0 Å². The third kappa shape index (κ3) is 4.08. The molecule has 1 saturated heterocycles. The van der Waals surface area contributed by atoms with Gasteiger partial charge in [0.1, 0.15) is 5.65 Å². The highest BCUT2D eigenvalue weighted by Gasteiger charge is 2.25. The molecule has 2 aromatic heterocycles. The second kappa shape index (κ2) is 8.66. The molecule has 0 saturated carbocycles. The van der Waals surface area contributed by atoms with Crippen molar-refractivity contribution in [1.82, 2.24) is 19.4 Å². The molecule has 1 amide bonds. The van der Waals surface area contributed by atoms with Crippen LogP contribution in [0.2, 0.25) is 0 Å². The van der Waals surface area contributed by atoms with Crippen LogP contribution in [0.4, 0.5) is 5.69 Å². The van der Waals surface area contributed by atoms with E-state index in [-0.39, 0.29) is 36.6 Å². The van der Waals surface area contributed by atoms with Crippen LogP contribution in [-0.4, -0.2) is 32.6 Å². The zero-order valence-corrected chi connectivity index (χ0v) is 16.4. The van der Waals surface area contributed by atoms with Gasteiger partial charge in [0.05, 0.1) is 17.3 Å². The van der Waals surface area contributed by atoms with Gasteiger partial charge in [-0.25, -0.2) is 9.78 Å². The molecule has 1 aliphatic heterocycles. The van der Waals surface area contributed by atoms with Crippen molar-refractivity contribution in [3.05, 3.63) is 33.1 Å². The highest BCUT2D eigenvalue weighted by Crippen LogP contribution is 2.19. The summed E-state index contributed by atoms with van der Waals surface area (Å²) in [4.78, 5) is 40.8. The van der Waals surface area contributed by atoms with Crippen LogP contribution in [0, 0.1) is 5.92 Å². The highest BCUT2D eigenvalue weighted by molar-refractivity contribution is 5.94. The summed E-state index contributed by atoms with van der Waals surface area (Å²) in [5, 5.41) is 6.45. The number of hydrogen-bond acceptors (Lipinski definition) is 5. The topological polar surface area (TPSA) is 98.0 Å². The van der Waals surface area contributed by atoms with E-state index < -0.39 is 11.2 Å². The third-order valence-electron chi connectivity index (χ3n) is 4.56. The first-order chi connectivity index (χ1) is 11.4. The van der Waals surface area contributed by atoms with Gasteiger partial charge in [0.15, 0.2) is 0 Å². The lowest BCUT2D eigenvalue weighted by molar-refractivity contribution is -0.120. The van der Waals surface area contributed by atoms with Crippen molar-refractivity contribution >= 4 is 47.4 Å². The van der Waals surface area contributed by atoms with E-state index in [4.69, 9.17) is 0 Å². The molecule has 0 aliphatic carbocycles. The van der Waals surface area contributed by atoms with Crippen LogP contribution in [0.5, 0.6) is 0 Å². The smallest absolute Gasteiger partial charge is 0.324 e. The molecule has 2 aromatic rings. The van der Waals surface area contributed by atoms with E-state index in [0.29, 0.717) is 22.8 Å². The van der Waals surface area contributed by atoms with Crippen LogP contribution >= 0.6 is 24.8 Å². The maximum Gasteiger partial charge on any atom is 0.332 e. The number of nitrogens with one attached hydrogen (secondary N) is 2. The number of rotatable bonds is 2. The first kappa shape index (κ1) is 22.1. The fraction of sp³-hybridized carbons (Fsp3) is 0.500. The molecule has 0 spiro atoms. The van der Waals surface area contributed by atoms with Crippen molar-refractivity contribution in [3.63, 3.8) is 0 Å². The number of amides is 1. The predicted molar refractivity (Wildman–Crippen MR) is 106 cm³/mol. The Morgan fingerprint density at radius 3 is 2.62 bits per heavy atom. The summed E-state index contributed by atoms with van der Waals surface area (Å²) in [5.41, 5.74) is -0.0845. The Balaban J connectivity index is 0.00000169. The van der Waals surface area contributed by atoms with Crippen LogP contribution in [0.3, 0.4) is 0 Å². The van der Waals surface area contributed by atoms with Gasteiger partial charge in [-0.15, -0.1) is 24.8 Å². The SMILES string of the molecule is C[C@H]1C[C@@H](C(=O)Nc2cnc3c(c2)c(=O)n(C)c(=O)n3C)CCN1.Cl.Cl.